The van der Waals surface area contributed by atoms with Crippen LogP contribution in [0.1, 0.15) is 92.6 Å². The van der Waals surface area contributed by atoms with Gasteiger partial charge in [0.1, 0.15) is 6.04 Å². The van der Waals surface area contributed by atoms with Gasteiger partial charge in [-0.3, -0.25) is 9.59 Å². The highest BCUT2D eigenvalue weighted by molar-refractivity contribution is 5.75. The summed E-state index contributed by atoms with van der Waals surface area (Å²) in [5.74, 6) is -3.37. The van der Waals surface area contributed by atoms with E-state index in [-0.39, 0.29) is 54.5 Å². The van der Waals surface area contributed by atoms with E-state index in [2.05, 4.69) is 0 Å². The van der Waals surface area contributed by atoms with Crippen molar-refractivity contribution in [1.29, 1.82) is 0 Å². The minimum absolute atomic E-state index is 0.0580. The maximum Gasteiger partial charge on any atom is 0.513 e. The lowest BCUT2D eigenvalue weighted by Gasteiger charge is -2.28. The minimum Gasteiger partial charge on any atom is -0.480 e. The molecule has 1 aromatic carbocycles. The van der Waals surface area contributed by atoms with Crippen molar-refractivity contribution in [2.24, 2.45) is 22.5 Å². The first-order valence-electron chi connectivity index (χ1n) is 13.9. The summed E-state index contributed by atoms with van der Waals surface area (Å²) >= 11 is 0. The molecule has 11 nitrogen and oxygen atoms in total. The lowest BCUT2D eigenvalue weighted by Crippen LogP contribution is -2.40. The predicted octanol–water partition coefficient (Wildman–Crippen LogP) is 6.06. The zero-order chi connectivity index (χ0) is 31.4. The molecule has 1 rings (SSSR count). The second-order valence-corrected chi connectivity index (χ2v) is 12.6. The molecule has 0 saturated carbocycles. The number of carboxylic acids is 1. The number of carboxylic acid groups (broad SMARTS) is 1. The van der Waals surface area contributed by atoms with Crippen molar-refractivity contribution in [2.45, 2.75) is 93.0 Å². The Morgan fingerprint density at radius 3 is 1.88 bits per heavy atom. The molecule has 3 N–H and O–H groups in total. The average Bonchev–Trinajstić information content (AvgIpc) is 2.86. The molecule has 0 radical (unpaired) electrons. The second-order valence-electron chi connectivity index (χ2n) is 12.6. The number of ether oxygens (including phenoxy) is 5. The fourth-order valence-corrected chi connectivity index (χ4v) is 3.65. The third-order valence-corrected chi connectivity index (χ3v) is 5.76. The molecule has 11 heteroatoms. The maximum absolute atomic E-state index is 12.5. The lowest BCUT2D eigenvalue weighted by molar-refractivity contribution is -0.145. The number of nitrogens with two attached hydrogens (primary N) is 1. The van der Waals surface area contributed by atoms with Crippen LogP contribution in [0.3, 0.4) is 0 Å². The van der Waals surface area contributed by atoms with Crippen LogP contribution < -0.4 is 15.2 Å². The molecule has 0 fully saturated rings. The van der Waals surface area contributed by atoms with E-state index in [1.807, 2.05) is 48.5 Å². The molecule has 0 saturated heterocycles. The number of hydrogen-bond acceptors (Lipinski definition) is 10. The van der Waals surface area contributed by atoms with E-state index in [1.54, 1.807) is 6.92 Å². The molecule has 0 aliphatic heterocycles. The van der Waals surface area contributed by atoms with Crippen LogP contribution >= 0.6 is 0 Å². The second kappa shape index (κ2) is 16.2. The molecule has 41 heavy (non-hydrogen) atoms. The van der Waals surface area contributed by atoms with Gasteiger partial charge in [0.15, 0.2) is 11.5 Å². The van der Waals surface area contributed by atoms with Crippen molar-refractivity contribution in [3.63, 3.8) is 0 Å². The van der Waals surface area contributed by atoms with Gasteiger partial charge in [0.2, 0.25) is 0 Å². The summed E-state index contributed by atoms with van der Waals surface area (Å²) < 4.78 is 26.4. The summed E-state index contributed by atoms with van der Waals surface area (Å²) in [7, 11) is 0. The summed E-state index contributed by atoms with van der Waals surface area (Å²) in [6.45, 7) is 15.1. The molecule has 2 unspecified atom stereocenters. The van der Waals surface area contributed by atoms with Crippen LogP contribution in [0.5, 0.6) is 11.5 Å². The highest BCUT2D eigenvalue weighted by Gasteiger charge is 2.33. The van der Waals surface area contributed by atoms with E-state index in [1.165, 1.54) is 18.2 Å². The molecule has 0 heterocycles. The Morgan fingerprint density at radius 1 is 0.854 bits per heavy atom. The number of aliphatic carboxylic acids is 1. The Morgan fingerprint density at radius 2 is 1.39 bits per heavy atom. The Bertz CT molecular complexity index is 1030. The quantitative estimate of drug-likeness (QED) is 0.114. The largest absolute Gasteiger partial charge is 0.513 e. The van der Waals surface area contributed by atoms with E-state index in [0.717, 1.165) is 12.8 Å². The van der Waals surface area contributed by atoms with Gasteiger partial charge in [-0.05, 0) is 40.9 Å². The van der Waals surface area contributed by atoms with E-state index in [9.17, 15) is 24.3 Å². The summed E-state index contributed by atoms with van der Waals surface area (Å²) in [5, 5.41) is 9.72. The third kappa shape index (κ3) is 14.2. The Hall–Kier alpha value is -3.34. The highest BCUT2D eigenvalue weighted by Crippen LogP contribution is 2.36. The summed E-state index contributed by atoms with van der Waals surface area (Å²) in [4.78, 5) is 48.9. The van der Waals surface area contributed by atoms with E-state index >= 15 is 0 Å². The smallest absolute Gasteiger partial charge is 0.480 e. The number of carbonyl (C=O) groups excluding carboxylic acids is 3. The molecular formula is C30H47NO10. The highest BCUT2D eigenvalue weighted by atomic mass is 16.7. The molecule has 0 bridgehead atoms. The van der Waals surface area contributed by atoms with Crippen LogP contribution in [0, 0.1) is 16.7 Å². The topological polar surface area (TPSA) is 161 Å². The molecule has 0 spiro atoms. The van der Waals surface area contributed by atoms with Crippen LogP contribution in [0.4, 0.5) is 9.59 Å². The van der Waals surface area contributed by atoms with E-state index in [4.69, 9.17) is 29.4 Å². The van der Waals surface area contributed by atoms with Gasteiger partial charge in [-0.2, -0.15) is 0 Å². The van der Waals surface area contributed by atoms with Gasteiger partial charge >= 0.3 is 24.2 Å². The van der Waals surface area contributed by atoms with Crippen LogP contribution in [0.2, 0.25) is 0 Å². The first-order chi connectivity index (χ1) is 18.9. The molecule has 3 atom stereocenters. The van der Waals surface area contributed by atoms with E-state index < -0.39 is 36.2 Å². The predicted molar refractivity (Wildman–Crippen MR) is 152 cm³/mol. The zero-order valence-corrected chi connectivity index (χ0v) is 25.6. The van der Waals surface area contributed by atoms with Crippen LogP contribution in [0.15, 0.2) is 18.2 Å². The fourth-order valence-electron chi connectivity index (χ4n) is 3.65. The van der Waals surface area contributed by atoms with Crippen molar-refractivity contribution in [3.05, 3.63) is 23.8 Å². The van der Waals surface area contributed by atoms with Gasteiger partial charge < -0.3 is 34.5 Å². The molecule has 0 aromatic heterocycles. The van der Waals surface area contributed by atoms with Crippen molar-refractivity contribution in [1.82, 2.24) is 0 Å². The Balaban J connectivity index is 3.30. The molecule has 0 aliphatic carbocycles. The first-order valence-corrected chi connectivity index (χ1v) is 13.9. The standard InChI is InChI=1S/C30H47NO10/c1-9-10-11-12-23(32)37-16-19(2)24(25(31)26(33)34)20-13-14-21(40-27(35)38-17-29(3,4)5)22(15-20)41-28(36)39-18-30(6,7)8/h13-15,19,24-25H,9-12,16-18,31H2,1-8H3,(H,33,34)/t19?,24?,25-/m0/s1. The number of rotatable bonds is 14. The van der Waals surface area contributed by atoms with E-state index in [0.29, 0.717) is 12.0 Å². The van der Waals surface area contributed by atoms with Gasteiger partial charge in [0.25, 0.3) is 0 Å². The maximum atomic E-state index is 12.5. The summed E-state index contributed by atoms with van der Waals surface area (Å²) in [5.41, 5.74) is 5.79. The van der Waals surface area contributed by atoms with Gasteiger partial charge in [-0.25, -0.2) is 9.59 Å². The van der Waals surface area contributed by atoms with Gasteiger partial charge in [0, 0.05) is 12.3 Å². The van der Waals surface area contributed by atoms with Crippen molar-refractivity contribution in [2.75, 3.05) is 19.8 Å². The summed E-state index contributed by atoms with van der Waals surface area (Å²) in [6.07, 6.45) is 0.772. The van der Waals surface area contributed by atoms with Crippen LogP contribution in [-0.2, 0) is 23.8 Å². The van der Waals surface area contributed by atoms with Crippen molar-refractivity contribution in [3.8, 4) is 11.5 Å². The lowest BCUT2D eigenvalue weighted by atomic mass is 9.82. The first kappa shape index (κ1) is 35.7. The fraction of sp³-hybridized carbons (Fsp3) is 0.667. The number of hydrogen-bond donors (Lipinski definition) is 2. The minimum atomic E-state index is -1.38. The summed E-state index contributed by atoms with van der Waals surface area (Å²) in [6, 6.07) is 2.84. The number of unbranched alkanes of at least 4 members (excludes halogenated alkanes) is 2. The van der Waals surface area contributed by atoms with Gasteiger partial charge in [-0.1, -0.05) is 74.3 Å². The van der Waals surface area contributed by atoms with Gasteiger partial charge in [0.05, 0.1) is 19.8 Å². The normalized spacial score (nSPS) is 13.9. The van der Waals surface area contributed by atoms with Crippen LogP contribution in [-0.4, -0.2) is 55.2 Å². The number of esters is 1. The van der Waals surface area contributed by atoms with Crippen molar-refractivity contribution < 1.29 is 48.0 Å². The Kier molecular flexibility index (Phi) is 14.1. The molecule has 0 aliphatic rings. The SMILES string of the molecule is CCCCCC(=O)OCC(C)C(c1ccc(OC(=O)OCC(C)(C)C)c(OC(=O)OCC(C)(C)C)c1)[C@H](N)C(=O)O. The molecule has 232 valence electrons. The third-order valence-electron chi connectivity index (χ3n) is 5.76. The number of benzene rings is 1. The van der Waals surface area contributed by atoms with Crippen molar-refractivity contribution >= 4 is 24.2 Å². The molecule has 1 aromatic rings. The average molecular weight is 582 g/mol. The van der Waals surface area contributed by atoms with Gasteiger partial charge in [-0.15, -0.1) is 0 Å². The number of carbonyl (C=O) groups is 4. The monoisotopic (exact) mass is 581 g/mol. The van der Waals surface area contributed by atoms with Crippen LogP contribution in [0.25, 0.3) is 0 Å². The molecule has 0 amide bonds. The molecular weight excluding hydrogens is 534 g/mol. The Labute approximate surface area is 243 Å². The zero-order valence-electron chi connectivity index (χ0n) is 25.6.